The van der Waals surface area contributed by atoms with Gasteiger partial charge in [0.05, 0.1) is 0 Å². The van der Waals surface area contributed by atoms with Crippen LogP contribution < -0.4 is 5.73 Å². The van der Waals surface area contributed by atoms with Crippen molar-refractivity contribution in [1.29, 1.82) is 0 Å². The molecule has 1 saturated heterocycles. The topological polar surface area (TPSA) is 29.3 Å². The van der Waals surface area contributed by atoms with E-state index in [0.717, 1.165) is 18.4 Å². The van der Waals surface area contributed by atoms with Crippen LogP contribution in [0.15, 0.2) is 30.3 Å². The van der Waals surface area contributed by atoms with Crippen molar-refractivity contribution < 1.29 is 0 Å². The molecule has 0 spiro atoms. The number of likely N-dealkylation sites (tertiary alicyclic amines) is 1. The monoisotopic (exact) mass is 230 g/mol. The van der Waals surface area contributed by atoms with Crippen molar-refractivity contribution >= 4 is 0 Å². The van der Waals surface area contributed by atoms with E-state index >= 15 is 0 Å². The molecular weight excluding hydrogens is 208 g/mol. The lowest BCUT2D eigenvalue weighted by atomic mass is 9.79. The predicted octanol–water partition coefficient (Wildman–Crippen LogP) is 2.25. The Kier molecular flexibility index (Phi) is 3.17. The average Bonchev–Trinajstić information content (AvgIpc) is 2.71. The minimum atomic E-state index is 0.466. The van der Waals surface area contributed by atoms with Gasteiger partial charge in [-0.25, -0.2) is 0 Å². The minimum Gasteiger partial charge on any atom is -0.328 e. The molecule has 2 fully saturated rings. The number of fused-ring (bicyclic) bond motifs is 1. The van der Waals surface area contributed by atoms with Gasteiger partial charge in [0.25, 0.3) is 0 Å². The van der Waals surface area contributed by atoms with Gasteiger partial charge in [0.15, 0.2) is 0 Å². The Morgan fingerprint density at radius 3 is 2.65 bits per heavy atom. The quantitative estimate of drug-likeness (QED) is 0.844. The summed E-state index contributed by atoms with van der Waals surface area (Å²) < 4.78 is 0. The number of hydrogen-bond donors (Lipinski definition) is 1. The second-order valence-corrected chi connectivity index (χ2v) is 5.77. The molecule has 3 atom stereocenters. The summed E-state index contributed by atoms with van der Waals surface area (Å²) in [7, 11) is 0. The van der Waals surface area contributed by atoms with E-state index in [0.29, 0.717) is 6.04 Å². The lowest BCUT2D eigenvalue weighted by molar-refractivity contribution is 0.271. The smallest absolute Gasteiger partial charge is 0.0233 e. The van der Waals surface area contributed by atoms with Gasteiger partial charge in [0.1, 0.15) is 0 Å². The summed E-state index contributed by atoms with van der Waals surface area (Å²) in [5.74, 6) is 1.78. The average molecular weight is 230 g/mol. The summed E-state index contributed by atoms with van der Waals surface area (Å²) in [4.78, 5) is 2.61. The second kappa shape index (κ2) is 4.79. The van der Waals surface area contributed by atoms with Crippen LogP contribution in [0.25, 0.3) is 0 Å². The van der Waals surface area contributed by atoms with Crippen molar-refractivity contribution in [3.8, 4) is 0 Å². The number of nitrogens with zero attached hydrogens (tertiary/aromatic N) is 1. The molecule has 1 aliphatic carbocycles. The zero-order chi connectivity index (χ0) is 11.7. The zero-order valence-electron chi connectivity index (χ0n) is 10.4. The largest absolute Gasteiger partial charge is 0.328 e. The summed E-state index contributed by atoms with van der Waals surface area (Å²) in [6.45, 7) is 3.66. The number of nitrogens with two attached hydrogens (primary N) is 1. The van der Waals surface area contributed by atoms with E-state index in [-0.39, 0.29) is 0 Å². The molecule has 2 N–H and O–H groups in total. The molecule has 0 radical (unpaired) electrons. The first-order valence-electron chi connectivity index (χ1n) is 6.83. The first kappa shape index (κ1) is 11.2. The van der Waals surface area contributed by atoms with E-state index in [9.17, 15) is 0 Å². The Balaban J connectivity index is 1.60. The maximum Gasteiger partial charge on any atom is 0.0233 e. The molecule has 1 unspecified atom stereocenters. The predicted molar refractivity (Wildman–Crippen MR) is 70.5 cm³/mol. The van der Waals surface area contributed by atoms with Crippen LogP contribution in [0.3, 0.4) is 0 Å². The molecule has 17 heavy (non-hydrogen) atoms. The molecule has 1 aliphatic heterocycles. The molecule has 2 aliphatic rings. The maximum absolute atomic E-state index is 6.07. The minimum absolute atomic E-state index is 0.466. The Morgan fingerprint density at radius 1 is 1.06 bits per heavy atom. The third-order valence-electron chi connectivity index (χ3n) is 4.41. The van der Waals surface area contributed by atoms with Crippen LogP contribution >= 0.6 is 0 Å². The first-order chi connectivity index (χ1) is 8.31. The highest BCUT2D eigenvalue weighted by molar-refractivity contribution is 5.14. The van der Waals surface area contributed by atoms with Gasteiger partial charge in [-0.05, 0) is 36.7 Å². The maximum atomic E-state index is 6.07. The fourth-order valence-electron chi connectivity index (χ4n) is 3.54. The lowest BCUT2D eigenvalue weighted by Crippen LogP contribution is -2.32. The molecule has 0 bridgehead atoms. The molecule has 1 aromatic rings. The van der Waals surface area contributed by atoms with Crippen LogP contribution in [0.5, 0.6) is 0 Å². The van der Waals surface area contributed by atoms with E-state index < -0.39 is 0 Å². The van der Waals surface area contributed by atoms with Crippen molar-refractivity contribution in [3.05, 3.63) is 35.9 Å². The van der Waals surface area contributed by atoms with Crippen LogP contribution in [-0.4, -0.2) is 24.0 Å². The van der Waals surface area contributed by atoms with Gasteiger partial charge in [0.2, 0.25) is 0 Å². The van der Waals surface area contributed by atoms with E-state index in [1.165, 1.54) is 37.9 Å². The standard InChI is InChI=1S/C15H22N2/c16-15-7-6-13-10-17(11-14(13)8-15)9-12-4-2-1-3-5-12/h1-5,13-15H,6-11,16H2/t13-,14-,15?/m0/s1. The summed E-state index contributed by atoms with van der Waals surface area (Å²) in [6.07, 6.45) is 3.83. The van der Waals surface area contributed by atoms with Gasteiger partial charge < -0.3 is 5.73 Å². The van der Waals surface area contributed by atoms with Gasteiger partial charge in [-0.3, -0.25) is 4.90 Å². The van der Waals surface area contributed by atoms with Crippen LogP contribution in [0.2, 0.25) is 0 Å². The van der Waals surface area contributed by atoms with Crippen LogP contribution in [0.1, 0.15) is 24.8 Å². The first-order valence-corrected chi connectivity index (χ1v) is 6.83. The highest BCUT2D eigenvalue weighted by atomic mass is 15.2. The summed E-state index contributed by atoms with van der Waals surface area (Å²) in [5.41, 5.74) is 7.51. The van der Waals surface area contributed by atoms with Gasteiger partial charge in [-0.1, -0.05) is 30.3 Å². The summed E-state index contributed by atoms with van der Waals surface area (Å²) >= 11 is 0. The van der Waals surface area contributed by atoms with Crippen molar-refractivity contribution in [3.63, 3.8) is 0 Å². The Hall–Kier alpha value is -0.860. The third kappa shape index (κ3) is 2.53. The van der Waals surface area contributed by atoms with E-state index in [2.05, 4.69) is 35.2 Å². The van der Waals surface area contributed by atoms with E-state index in [1.807, 2.05) is 0 Å². The molecule has 3 rings (SSSR count). The fourth-order valence-corrected chi connectivity index (χ4v) is 3.54. The van der Waals surface area contributed by atoms with Crippen molar-refractivity contribution in [2.24, 2.45) is 17.6 Å². The molecule has 1 aromatic carbocycles. The Bertz CT molecular complexity index is 362. The molecule has 1 saturated carbocycles. The van der Waals surface area contributed by atoms with Crippen LogP contribution in [0.4, 0.5) is 0 Å². The molecule has 1 heterocycles. The highest BCUT2D eigenvalue weighted by Gasteiger charge is 2.36. The normalized spacial score (nSPS) is 33.6. The second-order valence-electron chi connectivity index (χ2n) is 5.77. The van der Waals surface area contributed by atoms with Crippen LogP contribution in [0, 0.1) is 11.8 Å². The fraction of sp³-hybridized carbons (Fsp3) is 0.600. The molecule has 0 aromatic heterocycles. The molecule has 2 nitrogen and oxygen atoms in total. The zero-order valence-corrected chi connectivity index (χ0v) is 10.4. The van der Waals surface area contributed by atoms with Crippen molar-refractivity contribution in [1.82, 2.24) is 4.90 Å². The Labute approximate surface area is 104 Å². The van der Waals surface area contributed by atoms with Crippen molar-refractivity contribution in [2.45, 2.75) is 31.8 Å². The van der Waals surface area contributed by atoms with Gasteiger partial charge in [0, 0.05) is 25.7 Å². The van der Waals surface area contributed by atoms with Gasteiger partial charge in [-0.15, -0.1) is 0 Å². The van der Waals surface area contributed by atoms with Crippen LogP contribution in [-0.2, 0) is 6.54 Å². The third-order valence-corrected chi connectivity index (χ3v) is 4.41. The molecule has 0 amide bonds. The number of hydrogen-bond acceptors (Lipinski definition) is 2. The van der Waals surface area contributed by atoms with E-state index in [1.54, 1.807) is 0 Å². The summed E-state index contributed by atoms with van der Waals surface area (Å²) in [5, 5.41) is 0. The van der Waals surface area contributed by atoms with Crippen molar-refractivity contribution in [2.75, 3.05) is 13.1 Å². The molecule has 92 valence electrons. The Morgan fingerprint density at radius 2 is 1.82 bits per heavy atom. The lowest BCUT2D eigenvalue weighted by Gasteiger charge is -2.28. The van der Waals surface area contributed by atoms with Gasteiger partial charge >= 0.3 is 0 Å². The summed E-state index contributed by atoms with van der Waals surface area (Å²) in [6, 6.07) is 11.3. The number of benzene rings is 1. The van der Waals surface area contributed by atoms with E-state index in [4.69, 9.17) is 5.73 Å². The molecule has 2 heteroatoms. The number of rotatable bonds is 2. The molecular formula is C15H22N2. The highest BCUT2D eigenvalue weighted by Crippen LogP contribution is 2.36. The van der Waals surface area contributed by atoms with Gasteiger partial charge in [-0.2, -0.15) is 0 Å². The SMILES string of the molecule is NC1CC[C@H]2CN(Cc3ccccc3)C[C@@H]2C1.